The van der Waals surface area contributed by atoms with Crippen LogP contribution < -0.4 is 20.3 Å². The van der Waals surface area contributed by atoms with Gasteiger partial charge in [-0.1, -0.05) is 52.7 Å². The number of hydrogen-bond acceptors (Lipinski definition) is 9. The van der Waals surface area contributed by atoms with Crippen molar-refractivity contribution in [2.75, 3.05) is 0 Å². The minimum absolute atomic E-state index is 0.0239. The lowest BCUT2D eigenvalue weighted by atomic mass is 9.51. The number of Topliss-reactive ketones (excluding diaryl/α,β-unsaturated/α-hetero) is 2. The van der Waals surface area contributed by atoms with Crippen LogP contribution in [-0.2, 0) is 20.7 Å². The molecule has 3 aliphatic carbocycles. The standard InChI is InChI=1S/C45H49N5O8/c1-24(2)10-9-19-43(8)20-18-30-35(51)34-36(52)32-22-28-23-33-42(6,7)58-44(39(28)53,45(32,33)57-38(34)31(37(30)56-43)16-11-25(3)4)21-17-26(5)40(54)48-49-41(55)27-12-14-29(15-13-27)47-50-46/h10-15,17-18,20,22,28,33,51H,9,16,19,21,23H2,1-8H3,(H,48,54)(H,49,55). The van der Waals surface area contributed by atoms with Crippen LogP contribution in [0.5, 0.6) is 17.2 Å². The van der Waals surface area contributed by atoms with Crippen molar-refractivity contribution in [3.63, 3.8) is 0 Å². The van der Waals surface area contributed by atoms with Crippen molar-refractivity contribution in [1.29, 1.82) is 0 Å². The average Bonchev–Trinajstić information content (AvgIpc) is 3.32. The molecule has 13 nitrogen and oxygen atoms in total. The molecule has 3 N–H and O–H groups in total. The fourth-order valence-corrected chi connectivity index (χ4v) is 9.19. The Balaban J connectivity index is 1.27. The molecule has 6 aliphatic rings. The smallest absolute Gasteiger partial charge is 0.269 e. The Hall–Kier alpha value is -5.91. The molecule has 4 bridgehead atoms. The molecule has 3 heterocycles. The Morgan fingerprint density at radius 3 is 2.36 bits per heavy atom. The normalized spacial score (nSPS) is 26.8. The monoisotopic (exact) mass is 787 g/mol. The zero-order chi connectivity index (χ0) is 41.9. The quantitative estimate of drug-likeness (QED) is 0.0533. The molecule has 5 unspecified atom stereocenters. The minimum atomic E-state index is -1.71. The molecule has 2 fully saturated rings. The van der Waals surface area contributed by atoms with Crippen molar-refractivity contribution in [2.24, 2.45) is 17.0 Å². The second kappa shape index (κ2) is 14.5. The highest BCUT2D eigenvalue weighted by Gasteiger charge is 2.81. The number of carbonyl (C=O) groups is 4. The maximum absolute atomic E-state index is 15.0. The van der Waals surface area contributed by atoms with Crippen LogP contribution in [0.25, 0.3) is 16.5 Å². The molecule has 3 aliphatic heterocycles. The number of hydrogen-bond donors (Lipinski definition) is 3. The summed E-state index contributed by atoms with van der Waals surface area (Å²) in [4.78, 5) is 58.5. The zero-order valence-electron chi connectivity index (χ0n) is 34.1. The highest BCUT2D eigenvalue weighted by atomic mass is 16.6. The van der Waals surface area contributed by atoms with Crippen LogP contribution in [0.2, 0.25) is 0 Å². The number of ether oxygens (including phenoxy) is 3. The number of allylic oxidation sites excluding steroid dienone is 5. The van der Waals surface area contributed by atoms with Gasteiger partial charge in [0.2, 0.25) is 0 Å². The second-order valence-corrected chi connectivity index (χ2v) is 17.1. The van der Waals surface area contributed by atoms with E-state index in [0.717, 1.165) is 12.0 Å². The molecular weight excluding hydrogens is 739 g/mol. The van der Waals surface area contributed by atoms with Gasteiger partial charge in [-0.05, 0) is 111 Å². The summed E-state index contributed by atoms with van der Waals surface area (Å²) in [6.07, 6.45) is 13.2. The Morgan fingerprint density at radius 1 is 0.983 bits per heavy atom. The second-order valence-electron chi connectivity index (χ2n) is 17.1. The number of ketones is 2. The number of azide groups is 1. The van der Waals surface area contributed by atoms with Crippen molar-refractivity contribution in [3.05, 3.63) is 110 Å². The molecule has 1 saturated heterocycles. The Morgan fingerprint density at radius 2 is 1.69 bits per heavy atom. The maximum Gasteiger partial charge on any atom is 0.269 e. The summed E-state index contributed by atoms with van der Waals surface area (Å²) in [6, 6.07) is 5.85. The highest BCUT2D eigenvalue weighted by molar-refractivity contribution is 6.19. The average molecular weight is 788 g/mol. The van der Waals surface area contributed by atoms with Gasteiger partial charge in [0.1, 0.15) is 28.4 Å². The fourth-order valence-electron chi connectivity index (χ4n) is 9.19. The number of nitrogens with one attached hydrogen (secondary N) is 2. The van der Waals surface area contributed by atoms with Crippen LogP contribution in [0, 0.1) is 11.8 Å². The molecular formula is C45H49N5O8. The van der Waals surface area contributed by atoms with Gasteiger partial charge < -0.3 is 19.3 Å². The first-order chi connectivity index (χ1) is 27.4. The van der Waals surface area contributed by atoms with Crippen LogP contribution in [0.4, 0.5) is 5.69 Å². The summed E-state index contributed by atoms with van der Waals surface area (Å²) in [5, 5.41) is 15.4. The van der Waals surface area contributed by atoms with Crippen LogP contribution in [0.15, 0.2) is 82.1 Å². The molecule has 13 heteroatoms. The lowest BCUT2D eigenvalue weighted by molar-refractivity contribution is -0.171. The van der Waals surface area contributed by atoms with Crippen LogP contribution in [0.3, 0.4) is 0 Å². The summed E-state index contributed by atoms with van der Waals surface area (Å²) >= 11 is 0. The molecule has 58 heavy (non-hydrogen) atoms. The predicted octanol–water partition coefficient (Wildman–Crippen LogP) is 8.56. The van der Waals surface area contributed by atoms with Crippen molar-refractivity contribution < 1.29 is 38.5 Å². The van der Waals surface area contributed by atoms with E-state index < -0.39 is 51.8 Å². The van der Waals surface area contributed by atoms with Gasteiger partial charge >= 0.3 is 0 Å². The molecule has 8 rings (SSSR count). The van der Waals surface area contributed by atoms with Gasteiger partial charge in [-0.15, -0.1) is 0 Å². The zero-order valence-corrected chi connectivity index (χ0v) is 34.1. The van der Waals surface area contributed by atoms with Crippen LogP contribution in [0.1, 0.15) is 113 Å². The van der Waals surface area contributed by atoms with Crippen LogP contribution in [-0.4, -0.2) is 50.9 Å². The lowest BCUT2D eigenvalue weighted by Crippen LogP contribution is -2.72. The molecule has 0 radical (unpaired) electrons. The first-order valence-corrected chi connectivity index (χ1v) is 19.6. The third-order valence-corrected chi connectivity index (χ3v) is 12.1. The van der Waals surface area contributed by atoms with E-state index in [2.05, 4.69) is 27.0 Å². The largest absolute Gasteiger partial charge is 0.506 e. The topological polar surface area (TPSA) is 189 Å². The van der Waals surface area contributed by atoms with Crippen molar-refractivity contribution in [2.45, 2.75) is 110 Å². The molecule has 5 atom stereocenters. The SMILES string of the molecule is CC(C)=CCCC1(C)C=Cc2c(O)c3c(c(CC=C(C)C)c2O1)OC12C(=CC4CC1C(C)(C)OC2(CC=C(C)C(=O)NNC(=O)c1ccc(N=[N+]=[N-])cc1)C4=O)C3=O. The Kier molecular flexibility index (Phi) is 10.1. The number of phenolic OH excluding ortho intramolecular Hbond substituents is 1. The van der Waals surface area contributed by atoms with Gasteiger partial charge in [-0.2, -0.15) is 0 Å². The van der Waals surface area contributed by atoms with Gasteiger partial charge in [0.25, 0.3) is 11.8 Å². The molecule has 2 aromatic carbocycles. The van der Waals surface area contributed by atoms with E-state index in [1.807, 2.05) is 66.7 Å². The number of amides is 2. The number of rotatable bonds is 10. The van der Waals surface area contributed by atoms with Crippen molar-refractivity contribution >= 4 is 35.1 Å². The molecule has 2 aromatic rings. The van der Waals surface area contributed by atoms with E-state index in [1.165, 1.54) is 29.8 Å². The minimum Gasteiger partial charge on any atom is -0.506 e. The Bertz CT molecular complexity index is 2360. The van der Waals surface area contributed by atoms with E-state index in [0.29, 0.717) is 41.8 Å². The number of carbonyl (C=O) groups excluding carboxylic acids is 4. The van der Waals surface area contributed by atoms with E-state index in [1.54, 1.807) is 19.1 Å². The summed E-state index contributed by atoms with van der Waals surface area (Å²) in [5.41, 5.74) is 12.7. The van der Waals surface area contributed by atoms with E-state index in [9.17, 15) is 19.5 Å². The third kappa shape index (κ3) is 6.42. The third-order valence-electron chi connectivity index (χ3n) is 12.1. The lowest BCUT2D eigenvalue weighted by Gasteiger charge is -2.56. The first kappa shape index (κ1) is 40.3. The number of benzene rings is 2. The number of fused-ring (bicyclic) bond motifs is 2. The highest BCUT2D eigenvalue weighted by Crippen LogP contribution is 2.68. The van der Waals surface area contributed by atoms with Gasteiger partial charge in [0.15, 0.2) is 22.8 Å². The summed E-state index contributed by atoms with van der Waals surface area (Å²) < 4.78 is 20.9. The van der Waals surface area contributed by atoms with E-state index >= 15 is 4.79 Å². The molecule has 2 amide bonds. The number of aromatic hydroxyl groups is 1. The maximum atomic E-state index is 15.0. The van der Waals surface area contributed by atoms with Gasteiger partial charge in [0, 0.05) is 51.1 Å². The van der Waals surface area contributed by atoms with Crippen molar-refractivity contribution in [3.8, 4) is 17.2 Å². The number of nitrogens with zero attached hydrogens (tertiary/aromatic N) is 3. The van der Waals surface area contributed by atoms with E-state index in [4.69, 9.17) is 19.7 Å². The van der Waals surface area contributed by atoms with Gasteiger partial charge in [-0.25, -0.2) is 0 Å². The molecule has 1 spiro atoms. The number of phenols is 1. The molecule has 302 valence electrons. The summed E-state index contributed by atoms with van der Waals surface area (Å²) in [7, 11) is 0. The van der Waals surface area contributed by atoms with E-state index in [-0.39, 0.29) is 46.0 Å². The summed E-state index contributed by atoms with van der Waals surface area (Å²) in [6.45, 7) is 15.4. The van der Waals surface area contributed by atoms with Crippen LogP contribution >= 0.6 is 0 Å². The molecule has 1 saturated carbocycles. The van der Waals surface area contributed by atoms with Gasteiger partial charge in [0.05, 0.1) is 11.2 Å². The van der Waals surface area contributed by atoms with Crippen molar-refractivity contribution in [1.82, 2.24) is 10.9 Å². The number of hydrazine groups is 1. The Labute approximate surface area is 337 Å². The first-order valence-electron chi connectivity index (χ1n) is 19.6. The van der Waals surface area contributed by atoms with Gasteiger partial charge in [-0.3, -0.25) is 30.0 Å². The predicted molar refractivity (Wildman–Crippen MR) is 217 cm³/mol. The molecule has 0 aromatic heterocycles. The summed E-state index contributed by atoms with van der Waals surface area (Å²) in [5.74, 6) is -2.68. The fraction of sp³-hybridized carbons (Fsp3) is 0.422.